The molecule has 2 aliphatic carbocycles. The van der Waals surface area contributed by atoms with Gasteiger partial charge in [0.05, 0.1) is 0 Å². The van der Waals surface area contributed by atoms with Gasteiger partial charge in [-0.1, -0.05) is 33.1 Å². The lowest BCUT2D eigenvalue weighted by molar-refractivity contribution is 0.0827. The van der Waals surface area contributed by atoms with Gasteiger partial charge in [-0.15, -0.1) is 0 Å². The maximum absolute atomic E-state index is 2.48. The summed E-state index contributed by atoms with van der Waals surface area (Å²) in [6, 6.07) is 0. The maximum atomic E-state index is 2.48. The molecule has 2 aliphatic rings. The minimum atomic E-state index is 1.01. The molecule has 0 aliphatic heterocycles. The summed E-state index contributed by atoms with van der Waals surface area (Å²) in [5, 5.41) is 0. The second kappa shape index (κ2) is 3.40. The molecule has 0 amide bonds. The van der Waals surface area contributed by atoms with Gasteiger partial charge in [0.15, 0.2) is 0 Å². The first-order chi connectivity index (χ1) is 5.77. The molecule has 0 heteroatoms. The van der Waals surface area contributed by atoms with Gasteiger partial charge in [0.2, 0.25) is 0 Å². The number of hydrogen-bond acceptors (Lipinski definition) is 0. The third kappa shape index (κ3) is 1.53. The van der Waals surface area contributed by atoms with Crippen LogP contribution in [0, 0.1) is 23.7 Å². The van der Waals surface area contributed by atoms with E-state index < -0.39 is 0 Å². The van der Waals surface area contributed by atoms with Crippen LogP contribution in [-0.4, -0.2) is 0 Å². The lowest BCUT2D eigenvalue weighted by Crippen LogP contribution is -2.32. The average Bonchev–Trinajstić information content (AvgIpc) is 2.04. The normalized spacial score (nSPS) is 48.5. The van der Waals surface area contributed by atoms with Gasteiger partial charge < -0.3 is 0 Å². The highest BCUT2D eigenvalue weighted by molar-refractivity contribution is 4.85. The van der Waals surface area contributed by atoms with Crippen LogP contribution in [0.15, 0.2) is 0 Å². The third-order valence-electron chi connectivity index (χ3n) is 4.18. The number of rotatable bonds is 0. The van der Waals surface area contributed by atoms with Crippen molar-refractivity contribution in [2.75, 3.05) is 0 Å². The molecule has 0 heterocycles. The fourth-order valence-corrected chi connectivity index (χ4v) is 3.70. The van der Waals surface area contributed by atoms with Crippen LogP contribution < -0.4 is 0 Å². The Morgan fingerprint density at radius 1 is 0.917 bits per heavy atom. The van der Waals surface area contributed by atoms with Gasteiger partial charge in [-0.2, -0.15) is 0 Å². The summed E-state index contributed by atoms with van der Waals surface area (Å²) >= 11 is 0. The van der Waals surface area contributed by atoms with Crippen molar-refractivity contribution in [1.29, 1.82) is 0 Å². The van der Waals surface area contributed by atoms with Crippen LogP contribution in [-0.2, 0) is 0 Å². The fourth-order valence-electron chi connectivity index (χ4n) is 3.70. The summed E-state index contributed by atoms with van der Waals surface area (Å²) in [5.41, 5.74) is 0. The van der Waals surface area contributed by atoms with E-state index >= 15 is 0 Å². The average molecular weight is 166 g/mol. The zero-order chi connectivity index (χ0) is 8.55. The Labute approximate surface area is 76.7 Å². The molecule has 70 valence electrons. The molecule has 0 saturated heterocycles. The van der Waals surface area contributed by atoms with Crippen LogP contribution >= 0.6 is 0 Å². The minimum absolute atomic E-state index is 1.01. The van der Waals surface area contributed by atoms with Crippen molar-refractivity contribution in [3.05, 3.63) is 0 Å². The standard InChI is InChI=1S/C12H22/c1-9-7-10(2)12-6-4-3-5-11(12)8-9/h9-12H,3-8H2,1-2H3/t9-,10-,11+,12+/m0/s1. The molecule has 0 unspecified atom stereocenters. The second-order valence-corrected chi connectivity index (χ2v) is 5.26. The van der Waals surface area contributed by atoms with Gasteiger partial charge in [-0.25, -0.2) is 0 Å². The van der Waals surface area contributed by atoms with Crippen LogP contribution in [0.25, 0.3) is 0 Å². The van der Waals surface area contributed by atoms with Crippen molar-refractivity contribution in [3.63, 3.8) is 0 Å². The van der Waals surface area contributed by atoms with Gasteiger partial charge >= 0.3 is 0 Å². The van der Waals surface area contributed by atoms with Crippen molar-refractivity contribution >= 4 is 0 Å². The topological polar surface area (TPSA) is 0 Å². The third-order valence-corrected chi connectivity index (χ3v) is 4.18. The first-order valence-electron chi connectivity index (χ1n) is 5.77. The van der Waals surface area contributed by atoms with Gasteiger partial charge in [-0.3, -0.25) is 0 Å². The van der Waals surface area contributed by atoms with Crippen LogP contribution in [0.3, 0.4) is 0 Å². The molecule has 2 fully saturated rings. The van der Waals surface area contributed by atoms with E-state index in [1.165, 1.54) is 25.7 Å². The molecule has 0 aromatic heterocycles. The Morgan fingerprint density at radius 3 is 2.50 bits per heavy atom. The van der Waals surface area contributed by atoms with E-state index in [1.54, 1.807) is 12.8 Å². The Kier molecular flexibility index (Phi) is 2.43. The molecule has 12 heavy (non-hydrogen) atoms. The lowest BCUT2D eigenvalue weighted by Gasteiger charge is -2.42. The second-order valence-electron chi connectivity index (χ2n) is 5.26. The molecule has 0 nitrogen and oxygen atoms in total. The summed E-state index contributed by atoms with van der Waals surface area (Å²) in [4.78, 5) is 0. The Bertz CT molecular complexity index is 150. The van der Waals surface area contributed by atoms with Gasteiger partial charge in [-0.05, 0) is 42.9 Å². The van der Waals surface area contributed by atoms with E-state index in [0.29, 0.717) is 0 Å². The Hall–Kier alpha value is 0. The molecular weight excluding hydrogens is 144 g/mol. The highest BCUT2D eigenvalue weighted by Crippen LogP contribution is 2.45. The van der Waals surface area contributed by atoms with Crippen molar-refractivity contribution in [1.82, 2.24) is 0 Å². The van der Waals surface area contributed by atoms with Crippen LogP contribution in [0.5, 0.6) is 0 Å². The van der Waals surface area contributed by atoms with Crippen LogP contribution in [0.4, 0.5) is 0 Å². The van der Waals surface area contributed by atoms with E-state index in [0.717, 1.165) is 23.7 Å². The quantitative estimate of drug-likeness (QED) is 0.512. The van der Waals surface area contributed by atoms with Crippen molar-refractivity contribution in [3.8, 4) is 0 Å². The summed E-state index contributed by atoms with van der Waals surface area (Å²) in [5.74, 6) is 4.26. The van der Waals surface area contributed by atoms with Crippen LogP contribution in [0.2, 0.25) is 0 Å². The van der Waals surface area contributed by atoms with E-state index in [4.69, 9.17) is 0 Å². The van der Waals surface area contributed by atoms with Gasteiger partial charge in [0, 0.05) is 0 Å². The van der Waals surface area contributed by atoms with Gasteiger partial charge in [0.1, 0.15) is 0 Å². The lowest BCUT2D eigenvalue weighted by atomic mass is 9.63. The smallest absolute Gasteiger partial charge is 0.0360 e. The van der Waals surface area contributed by atoms with Crippen molar-refractivity contribution in [2.45, 2.75) is 52.4 Å². The molecule has 0 spiro atoms. The van der Waals surface area contributed by atoms with E-state index in [-0.39, 0.29) is 0 Å². The summed E-state index contributed by atoms with van der Waals surface area (Å²) in [6.07, 6.45) is 9.15. The molecule has 0 aromatic carbocycles. The summed E-state index contributed by atoms with van der Waals surface area (Å²) in [7, 11) is 0. The largest absolute Gasteiger partial charge is 0.0625 e. The molecule has 2 saturated carbocycles. The zero-order valence-corrected chi connectivity index (χ0v) is 8.55. The number of hydrogen-bond donors (Lipinski definition) is 0. The molecule has 0 bridgehead atoms. The van der Waals surface area contributed by atoms with E-state index in [1.807, 2.05) is 0 Å². The highest BCUT2D eigenvalue weighted by Gasteiger charge is 2.34. The first-order valence-corrected chi connectivity index (χ1v) is 5.77. The first kappa shape index (κ1) is 8.59. The van der Waals surface area contributed by atoms with Gasteiger partial charge in [0.25, 0.3) is 0 Å². The fraction of sp³-hybridized carbons (Fsp3) is 1.00. The maximum Gasteiger partial charge on any atom is -0.0360 e. The molecule has 2 rings (SSSR count). The van der Waals surface area contributed by atoms with E-state index in [2.05, 4.69) is 13.8 Å². The summed E-state index contributed by atoms with van der Waals surface area (Å²) < 4.78 is 0. The predicted molar refractivity (Wildman–Crippen MR) is 53.0 cm³/mol. The summed E-state index contributed by atoms with van der Waals surface area (Å²) in [6.45, 7) is 4.93. The molecule has 0 radical (unpaired) electrons. The Balaban J connectivity index is 2.01. The predicted octanol–water partition coefficient (Wildman–Crippen LogP) is 3.86. The minimum Gasteiger partial charge on any atom is -0.0625 e. The molecule has 4 atom stereocenters. The molecule has 0 aromatic rings. The zero-order valence-electron chi connectivity index (χ0n) is 8.55. The van der Waals surface area contributed by atoms with E-state index in [9.17, 15) is 0 Å². The van der Waals surface area contributed by atoms with Crippen LogP contribution in [0.1, 0.15) is 52.4 Å². The SMILES string of the molecule is C[C@@H]1C[C@H]2CCCC[C@@H]2[C@@H](C)C1. The molecule has 0 N–H and O–H groups in total. The van der Waals surface area contributed by atoms with Crippen molar-refractivity contribution in [2.24, 2.45) is 23.7 Å². The monoisotopic (exact) mass is 166 g/mol. The van der Waals surface area contributed by atoms with Crippen molar-refractivity contribution < 1.29 is 0 Å². The highest BCUT2D eigenvalue weighted by atomic mass is 14.4. The molecular formula is C12H22. The Morgan fingerprint density at radius 2 is 1.67 bits per heavy atom. The number of fused-ring (bicyclic) bond motifs is 1.